The standard InChI is InChI=1S/C20H20ClN3O3S/c1-3-26-14-6-4-5-13-16-15(18(25)22-12-9-7-11(21)8-10-12)20(2,27-17(13)14)24-19(28)23-16/h4-10,15-16H,3H2,1-2H3,(H,22,25)(H2,23,24,28)/t15-,16+,20-/m0/s1. The molecule has 2 aliphatic heterocycles. The minimum atomic E-state index is -1.02. The van der Waals surface area contributed by atoms with Gasteiger partial charge in [-0.15, -0.1) is 0 Å². The Morgan fingerprint density at radius 2 is 2.07 bits per heavy atom. The second-order valence-corrected chi connectivity index (χ2v) is 7.71. The van der Waals surface area contributed by atoms with Gasteiger partial charge in [0.15, 0.2) is 22.3 Å². The number of fused-ring (bicyclic) bond motifs is 4. The molecule has 1 saturated heterocycles. The van der Waals surface area contributed by atoms with Crippen LogP contribution in [0.4, 0.5) is 5.69 Å². The van der Waals surface area contributed by atoms with E-state index in [2.05, 4.69) is 16.0 Å². The van der Waals surface area contributed by atoms with E-state index in [1.54, 1.807) is 24.3 Å². The number of amides is 1. The van der Waals surface area contributed by atoms with Crippen LogP contribution in [0.25, 0.3) is 0 Å². The number of hydrogen-bond donors (Lipinski definition) is 3. The van der Waals surface area contributed by atoms with Gasteiger partial charge in [-0.05, 0) is 56.4 Å². The van der Waals surface area contributed by atoms with E-state index in [9.17, 15) is 4.79 Å². The highest BCUT2D eigenvalue weighted by molar-refractivity contribution is 7.80. The molecule has 3 atom stereocenters. The van der Waals surface area contributed by atoms with E-state index >= 15 is 0 Å². The molecular weight excluding hydrogens is 398 g/mol. The lowest BCUT2D eigenvalue weighted by molar-refractivity contribution is -0.132. The fourth-order valence-electron chi connectivity index (χ4n) is 3.75. The van der Waals surface area contributed by atoms with Gasteiger partial charge in [-0.2, -0.15) is 0 Å². The van der Waals surface area contributed by atoms with Crippen LogP contribution < -0.4 is 25.4 Å². The number of nitrogens with one attached hydrogen (secondary N) is 3. The highest BCUT2D eigenvalue weighted by Gasteiger charge is 2.55. The van der Waals surface area contributed by atoms with Crippen LogP contribution in [0.5, 0.6) is 11.5 Å². The monoisotopic (exact) mass is 417 g/mol. The van der Waals surface area contributed by atoms with Crippen molar-refractivity contribution >= 4 is 40.5 Å². The lowest BCUT2D eigenvalue weighted by atomic mass is 9.79. The summed E-state index contributed by atoms with van der Waals surface area (Å²) in [7, 11) is 0. The quantitative estimate of drug-likeness (QED) is 0.660. The van der Waals surface area contributed by atoms with Crippen molar-refractivity contribution in [3.05, 3.63) is 53.1 Å². The number of carbonyl (C=O) groups is 1. The van der Waals surface area contributed by atoms with Gasteiger partial charge in [-0.3, -0.25) is 4.79 Å². The van der Waals surface area contributed by atoms with E-state index in [1.807, 2.05) is 32.0 Å². The maximum Gasteiger partial charge on any atom is 0.236 e. The lowest BCUT2D eigenvalue weighted by Crippen LogP contribution is -2.70. The van der Waals surface area contributed by atoms with E-state index in [-0.39, 0.29) is 11.9 Å². The molecule has 8 heteroatoms. The fourth-order valence-corrected chi connectivity index (χ4v) is 4.21. The van der Waals surface area contributed by atoms with Gasteiger partial charge in [0.05, 0.1) is 12.6 Å². The van der Waals surface area contributed by atoms with Gasteiger partial charge >= 0.3 is 0 Å². The molecule has 4 rings (SSSR count). The molecule has 2 bridgehead atoms. The number of thiocarbonyl (C=S) groups is 1. The first-order chi connectivity index (χ1) is 13.4. The van der Waals surface area contributed by atoms with Crippen LogP contribution in [0.2, 0.25) is 5.02 Å². The van der Waals surface area contributed by atoms with Crippen molar-refractivity contribution in [1.82, 2.24) is 10.6 Å². The molecule has 0 aromatic heterocycles. The molecule has 2 aliphatic rings. The summed E-state index contributed by atoms with van der Waals surface area (Å²) in [5, 5.41) is 10.3. The average molecular weight is 418 g/mol. The van der Waals surface area contributed by atoms with Gasteiger partial charge < -0.3 is 25.4 Å². The van der Waals surface area contributed by atoms with Gasteiger partial charge in [0.25, 0.3) is 0 Å². The number of rotatable bonds is 4. The van der Waals surface area contributed by atoms with E-state index in [0.29, 0.717) is 33.9 Å². The molecule has 2 heterocycles. The average Bonchev–Trinajstić information content (AvgIpc) is 2.63. The van der Waals surface area contributed by atoms with Crippen molar-refractivity contribution in [3.63, 3.8) is 0 Å². The maximum atomic E-state index is 13.2. The first-order valence-electron chi connectivity index (χ1n) is 9.01. The van der Waals surface area contributed by atoms with Crippen molar-refractivity contribution < 1.29 is 14.3 Å². The summed E-state index contributed by atoms with van der Waals surface area (Å²) in [6, 6.07) is 12.3. The Balaban J connectivity index is 1.72. The van der Waals surface area contributed by atoms with Crippen molar-refractivity contribution in [2.45, 2.75) is 25.6 Å². The van der Waals surface area contributed by atoms with Gasteiger partial charge in [0.2, 0.25) is 5.91 Å². The molecule has 0 radical (unpaired) electrons. The zero-order valence-corrected chi connectivity index (χ0v) is 17.0. The van der Waals surface area contributed by atoms with Crippen LogP contribution in [0.1, 0.15) is 25.5 Å². The molecule has 0 aliphatic carbocycles. The number of hydrogen-bond acceptors (Lipinski definition) is 4. The van der Waals surface area contributed by atoms with Crippen molar-refractivity contribution in [3.8, 4) is 11.5 Å². The third-order valence-electron chi connectivity index (χ3n) is 4.93. The Labute approximate surface area is 173 Å². The number of ether oxygens (including phenoxy) is 2. The predicted molar refractivity (Wildman–Crippen MR) is 112 cm³/mol. The summed E-state index contributed by atoms with van der Waals surface area (Å²) in [6.45, 7) is 4.25. The first-order valence-corrected chi connectivity index (χ1v) is 9.80. The molecule has 1 amide bonds. The van der Waals surface area contributed by atoms with Crippen LogP contribution in [0.15, 0.2) is 42.5 Å². The molecule has 3 N–H and O–H groups in total. The molecule has 146 valence electrons. The lowest BCUT2D eigenvalue weighted by Gasteiger charge is -2.50. The summed E-state index contributed by atoms with van der Waals surface area (Å²) < 4.78 is 12.0. The summed E-state index contributed by atoms with van der Waals surface area (Å²) in [5.74, 6) is 0.503. The number of anilines is 1. The molecule has 6 nitrogen and oxygen atoms in total. The van der Waals surface area contributed by atoms with Gasteiger partial charge in [-0.25, -0.2) is 0 Å². The molecule has 0 spiro atoms. The molecule has 2 aromatic carbocycles. The third kappa shape index (κ3) is 3.25. The molecule has 0 unspecified atom stereocenters. The Morgan fingerprint density at radius 1 is 1.32 bits per heavy atom. The Hall–Kier alpha value is -2.51. The van der Waals surface area contributed by atoms with E-state index in [0.717, 1.165) is 5.56 Å². The zero-order valence-electron chi connectivity index (χ0n) is 15.4. The molecule has 28 heavy (non-hydrogen) atoms. The van der Waals surface area contributed by atoms with E-state index < -0.39 is 11.6 Å². The van der Waals surface area contributed by atoms with Crippen LogP contribution in [0.3, 0.4) is 0 Å². The SMILES string of the molecule is CCOc1cccc2c1O[C@]1(C)NC(=S)N[C@H]2[C@H]1C(=O)Nc1ccc(Cl)cc1. The van der Waals surface area contributed by atoms with Crippen molar-refractivity contribution in [2.24, 2.45) is 5.92 Å². The number of halogens is 1. The fraction of sp³-hybridized carbons (Fsp3) is 0.300. The smallest absolute Gasteiger partial charge is 0.236 e. The van der Waals surface area contributed by atoms with Crippen LogP contribution in [0, 0.1) is 5.92 Å². The summed E-state index contributed by atoms with van der Waals surface area (Å²) in [5.41, 5.74) is 0.472. The largest absolute Gasteiger partial charge is 0.490 e. The molecule has 0 saturated carbocycles. The van der Waals surface area contributed by atoms with Crippen LogP contribution in [-0.4, -0.2) is 23.4 Å². The summed E-state index contributed by atoms with van der Waals surface area (Å²) >= 11 is 11.3. The van der Waals surface area contributed by atoms with Crippen LogP contribution in [-0.2, 0) is 4.79 Å². The first kappa shape index (κ1) is 18.8. The maximum absolute atomic E-state index is 13.2. The molecule has 2 aromatic rings. The normalized spacial score (nSPS) is 24.9. The highest BCUT2D eigenvalue weighted by atomic mass is 35.5. The Bertz CT molecular complexity index is 937. The van der Waals surface area contributed by atoms with E-state index in [1.165, 1.54) is 0 Å². The van der Waals surface area contributed by atoms with Crippen LogP contribution >= 0.6 is 23.8 Å². The molecular formula is C20H20ClN3O3S. The van der Waals surface area contributed by atoms with Gasteiger partial charge in [0.1, 0.15) is 5.92 Å². The topological polar surface area (TPSA) is 71.6 Å². The predicted octanol–water partition coefficient (Wildman–Crippen LogP) is 3.62. The Kier molecular flexibility index (Phi) is 4.81. The number of benzene rings is 2. The van der Waals surface area contributed by atoms with E-state index in [4.69, 9.17) is 33.3 Å². The zero-order chi connectivity index (χ0) is 19.9. The van der Waals surface area contributed by atoms with Gasteiger partial charge in [0, 0.05) is 16.3 Å². The summed E-state index contributed by atoms with van der Waals surface area (Å²) in [4.78, 5) is 13.2. The number of para-hydroxylation sites is 1. The third-order valence-corrected chi connectivity index (χ3v) is 5.40. The van der Waals surface area contributed by atoms with Crippen molar-refractivity contribution in [2.75, 3.05) is 11.9 Å². The Morgan fingerprint density at radius 3 is 2.79 bits per heavy atom. The van der Waals surface area contributed by atoms with Gasteiger partial charge in [-0.1, -0.05) is 23.7 Å². The van der Waals surface area contributed by atoms with Crippen molar-refractivity contribution in [1.29, 1.82) is 0 Å². The minimum absolute atomic E-state index is 0.190. The number of carbonyl (C=O) groups excluding carboxylic acids is 1. The summed E-state index contributed by atoms with van der Waals surface area (Å²) in [6.07, 6.45) is 0. The molecule has 1 fully saturated rings. The second kappa shape index (κ2) is 7.14. The highest BCUT2D eigenvalue weighted by Crippen LogP contribution is 2.48. The minimum Gasteiger partial charge on any atom is -0.490 e. The second-order valence-electron chi connectivity index (χ2n) is 6.87.